The van der Waals surface area contributed by atoms with Crippen molar-refractivity contribution < 1.29 is 14.3 Å². The highest BCUT2D eigenvalue weighted by Crippen LogP contribution is 2.18. The number of nitrogens with zero attached hydrogens (tertiary/aromatic N) is 1. The molecule has 0 radical (unpaired) electrons. The third-order valence-corrected chi connectivity index (χ3v) is 5.48. The predicted molar refractivity (Wildman–Crippen MR) is 136 cm³/mol. The van der Waals surface area contributed by atoms with Crippen LogP contribution in [0.1, 0.15) is 37.5 Å². The van der Waals surface area contributed by atoms with E-state index in [9.17, 15) is 9.59 Å². The van der Waals surface area contributed by atoms with Gasteiger partial charge in [0, 0.05) is 18.5 Å². The summed E-state index contributed by atoms with van der Waals surface area (Å²) in [5.41, 5.74) is 2.45. The van der Waals surface area contributed by atoms with E-state index >= 15 is 0 Å². The summed E-state index contributed by atoms with van der Waals surface area (Å²) in [6.45, 7) is 6.20. The predicted octanol–water partition coefficient (Wildman–Crippen LogP) is 4.79. The zero-order chi connectivity index (χ0) is 24.6. The molecular formula is C29H34N2O3. The van der Waals surface area contributed by atoms with Crippen LogP contribution in [0.25, 0.3) is 0 Å². The molecule has 0 fully saturated rings. The lowest BCUT2D eigenvalue weighted by Gasteiger charge is -2.34. The molecule has 2 amide bonds. The van der Waals surface area contributed by atoms with Gasteiger partial charge in [-0.25, -0.2) is 0 Å². The molecule has 0 spiro atoms. The van der Waals surface area contributed by atoms with Crippen LogP contribution in [-0.4, -0.2) is 35.4 Å². The smallest absolute Gasteiger partial charge is 0.243 e. The summed E-state index contributed by atoms with van der Waals surface area (Å²) in [4.78, 5) is 28.9. The van der Waals surface area contributed by atoms with Gasteiger partial charge in [-0.1, -0.05) is 72.8 Å². The van der Waals surface area contributed by atoms with Gasteiger partial charge < -0.3 is 15.0 Å². The minimum absolute atomic E-state index is 0.0981. The Morgan fingerprint density at radius 3 is 1.91 bits per heavy atom. The van der Waals surface area contributed by atoms with Gasteiger partial charge in [0.05, 0.1) is 13.5 Å². The minimum Gasteiger partial charge on any atom is -0.497 e. The first kappa shape index (κ1) is 25.0. The van der Waals surface area contributed by atoms with Gasteiger partial charge in [0.15, 0.2) is 0 Å². The standard InChI is InChI=1S/C29H34N2O3/c1-29(2,3)30-28(33)26(19-22-11-7-5-8-12-22)31(21-24-13-9-6-10-14-24)27(32)20-23-15-17-25(34-4)18-16-23/h5-18,26H,19-21H2,1-4H3,(H,30,33)/t26-/m0/s1. The second-order valence-corrected chi connectivity index (χ2v) is 9.48. The maximum absolute atomic E-state index is 13.7. The summed E-state index contributed by atoms with van der Waals surface area (Å²) in [7, 11) is 1.61. The molecule has 0 saturated heterocycles. The highest BCUT2D eigenvalue weighted by molar-refractivity contribution is 5.89. The molecule has 5 nitrogen and oxygen atoms in total. The number of benzene rings is 3. The molecule has 0 aromatic heterocycles. The fourth-order valence-electron chi connectivity index (χ4n) is 3.81. The van der Waals surface area contributed by atoms with E-state index in [2.05, 4.69) is 5.32 Å². The summed E-state index contributed by atoms with van der Waals surface area (Å²) in [5.74, 6) is 0.484. The molecule has 0 aliphatic carbocycles. The van der Waals surface area contributed by atoms with Gasteiger partial charge in [-0.2, -0.15) is 0 Å². The Labute approximate surface area is 202 Å². The number of hydrogen-bond donors (Lipinski definition) is 1. The van der Waals surface area contributed by atoms with E-state index in [4.69, 9.17) is 4.74 Å². The fourth-order valence-corrected chi connectivity index (χ4v) is 3.81. The first-order valence-electron chi connectivity index (χ1n) is 11.6. The Bertz CT molecular complexity index is 1060. The summed E-state index contributed by atoms with van der Waals surface area (Å²) >= 11 is 0. The first-order chi connectivity index (χ1) is 16.2. The molecule has 0 bridgehead atoms. The van der Waals surface area contributed by atoms with E-state index in [0.29, 0.717) is 13.0 Å². The number of hydrogen-bond acceptors (Lipinski definition) is 3. The molecule has 5 heteroatoms. The molecule has 3 aromatic carbocycles. The van der Waals surface area contributed by atoms with Crippen LogP contribution in [0.3, 0.4) is 0 Å². The summed E-state index contributed by atoms with van der Waals surface area (Å²) in [6.07, 6.45) is 0.634. The quantitative estimate of drug-likeness (QED) is 0.501. The van der Waals surface area contributed by atoms with E-state index < -0.39 is 11.6 Å². The van der Waals surface area contributed by atoms with E-state index in [-0.39, 0.29) is 18.2 Å². The number of amides is 2. The van der Waals surface area contributed by atoms with Crippen LogP contribution in [-0.2, 0) is 29.0 Å². The number of carbonyl (C=O) groups is 2. The van der Waals surface area contributed by atoms with Gasteiger partial charge in [0.2, 0.25) is 11.8 Å². The van der Waals surface area contributed by atoms with Gasteiger partial charge in [0.1, 0.15) is 11.8 Å². The van der Waals surface area contributed by atoms with Crippen molar-refractivity contribution in [2.75, 3.05) is 7.11 Å². The molecule has 1 N–H and O–H groups in total. The fraction of sp³-hybridized carbons (Fsp3) is 0.310. The van der Waals surface area contributed by atoms with Crippen molar-refractivity contribution in [3.8, 4) is 5.75 Å². The monoisotopic (exact) mass is 458 g/mol. The lowest BCUT2D eigenvalue weighted by molar-refractivity contribution is -0.141. The second kappa shape index (κ2) is 11.5. The van der Waals surface area contributed by atoms with E-state index in [1.165, 1.54) is 0 Å². The van der Waals surface area contributed by atoms with Crippen molar-refractivity contribution in [3.63, 3.8) is 0 Å². The molecule has 0 unspecified atom stereocenters. The van der Waals surface area contributed by atoms with Crippen LogP contribution in [0.2, 0.25) is 0 Å². The molecule has 0 aliphatic heterocycles. The molecule has 3 rings (SSSR count). The summed E-state index contributed by atoms with van der Waals surface area (Å²) in [6, 6.07) is 26.5. The molecule has 0 aliphatic rings. The van der Waals surface area contributed by atoms with Crippen LogP contribution in [0.4, 0.5) is 0 Å². The van der Waals surface area contributed by atoms with Crippen LogP contribution >= 0.6 is 0 Å². The van der Waals surface area contributed by atoms with Crippen molar-refractivity contribution in [1.82, 2.24) is 10.2 Å². The highest BCUT2D eigenvalue weighted by atomic mass is 16.5. The Balaban J connectivity index is 1.95. The van der Waals surface area contributed by atoms with Gasteiger partial charge in [-0.15, -0.1) is 0 Å². The van der Waals surface area contributed by atoms with Crippen molar-refractivity contribution in [2.45, 2.75) is 51.7 Å². The summed E-state index contributed by atoms with van der Waals surface area (Å²) in [5, 5.41) is 3.09. The van der Waals surface area contributed by atoms with Crippen LogP contribution in [0, 0.1) is 0 Å². The Morgan fingerprint density at radius 1 is 0.824 bits per heavy atom. The topological polar surface area (TPSA) is 58.6 Å². The van der Waals surface area contributed by atoms with Crippen LogP contribution in [0.5, 0.6) is 5.75 Å². The number of nitrogens with one attached hydrogen (secondary N) is 1. The first-order valence-corrected chi connectivity index (χ1v) is 11.6. The highest BCUT2D eigenvalue weighted by Gasteiger charge is 2.32. The number of carbonyl (C=O) groups excluding carboxylic acids is 2. The molecular weight excluding hydrogens is 424 g/mol. The number of ether oxygens (including phenoxy) is 1. The third kappa shape index (κ3) is 7.48. The van der Waals surface area contributed by atoms with E-state index in [0.717, 1.165) is 22.4 Å². The van der Waals surface area contributed by atoms with Gasteiger partial charge in [-0.3, -0.25) is 9.59 Å². The average molecular weight is 459 g/mol. The lowest BCUT2D eigenvalue weighted by Crippen LogP contribution is -2.54. The maximum atomic E-state index is 13.7. The molecule has 34 heavy (non-hydrogen) atoms. The average Bonchev–Trinajstić information content (AvgIpc) is 2.82. The Morgan fingerprint density at radius 2 is 1.38 bits per heavy atom. The number of methoxy groups -OCH3 is 1. The van der Waals surface area contributed by atoms with Crippen LogP contribution < -0.4 is 10.1 Å². The third-order valence-electron chi connectivity index (χ3n) is 5.48. The SMILES string of the molecule is COc1ccc(CC(=O)N(Cc2ccccc2)[C@@H](Cc2ccccc2)C(=O)NC(C)(C)C)cc1. The largest absolute Gasteiger partial charge is 0.497 e. The van der Waals surface area contributed by atoms with Crippen LogP contribution in [0.15, 0.2) is 84.9 Å². The molecule has 1 atom stereocenters. The molecule has 0 heterocycles. The van der Waals surface area contributed by atoms with Gasteiger partial charge in [-0.05, 0) is 49.6 Å². The zero-order valence-electron chi connectivity index (χ0n) is 20.5. The zero-order valence-corrected chi connectivity index (χ0v) is 20.5. The lowest BCUT2D eigenvalue weighted by atomic mass is 10.00. The molecule has 178 valence electrons. The molecule has 3 aromatic rings. The van der Waals surface area contributed by atoms with E-state index in [1.54, 1.807) is 12.0 Å². The molecule has 0 saturated carbocycles. The summed E-state index contributed by atoms with van der Waals surface area (Å²) < 4.78 is 5.23. The van der Waals surface area contributed by atoms with Crippen molar-refractivity contribution in [3.05, 3.63) is 102 Å². The Kier molecular flexibility index (Phi) is 8.47. The van der Waals surface area contributed by atoms with Gasteiger partial charge in [0.25, 0.3) is 0 Å². The maximum Gasteiger partial charge on any atom is 0.243 e. The Hall–Kier alpha value is -3.60. The van der Waals surface area contributed by atoms with Crippen molar-refractivity contribution in [1.29, 1.82) is 0 Å². The van der Waals surface area contributed by atoms with Crippen molar-refractivity contribution in [2.24, 2.45) is 0 Å². The van der Waals surface area contributed by atoms with Gasteiger partial charge >= 0.3 is 0 Å². The van der Waals surface area contributed by atoms with E-state index in [1.807, 2.05) is 106 Å². The van der Waals surface area contributed by atoms with Crippen molar-refractivity contribution >= 4 is 11.8 Å². The number of rotatable bonds is 9. The normalized spacial score (nSPS) is 12.0. The second-order valence-electron chi connectivity index (χ2n) is 9.48. The minimum atomic E-state index is -0.646.